The molecule has 132 valence electrons. The molecule has 0 aromatic rings. The molecule has 0 bridgehead atoms. The van der Waals surface area contributed by atoms with Crippen molar-refractivity contribution in [1.29, 1.82) is 0 Å². The fourth-order valence-electron chi connectivity index (χ4n) is 3.16. The van der Waals surface area contributed by atoms with Crippen molar-refractivity contribution in [3.05, 3.63) is 12.2 Å². The van der Waals surface area contributed by atoms with E-state index in [1.165, 1.54) is 0 Å². The molecule has 1 aliphatic carbocycles. The quantitative estimate of drug-likeness (QED) is 0.401. The van der Waals surface area contributed by atoms with Gasteiger partial charge in [-0.15, -0.1) is 0 Å². The predicted molar refractivity (Wildman–Crippen MR) is 88.0 cm³/mol. The predicted octanol–water partition coefficient (Wildman–Crippen LogP) is 2.69. The second-order valence-corrected chi connectivity index (χ2v) is 6.49. The van der Waals surface area contributed by atoms with Gasteiger partial charge in [0.1, 0.15) is 5.78 Å². The van der Waals surface area contributed by atoms with Crippen molar-refractivity contribution >= 4 is 11.8 Å². The summed E-state index contributed by atoms with van der Waals surface area (Å²) in [5.74, 6) is -1.02. The molecule has 23 heavy (non-hydrogen) atoms. The van der Waals surface area contributed by atoms with Crippen molar-refractivity contribution in [3.63, 3.8) is 0 Å². The zero-order valence-corrected chi connectivity index (χ0v) is 14.0. The SMILES string of the molecule is CC[C@H](O)/C=C/[C@@H]1C(=O)C[C@H](O)[C@@H]1CCCCCCCC(=O)O. The molecule has 0 heterocycles. The van der Waals surface area contributed by atoms with E-state index in [4.69, 9.17) is 5.11 Å². The van der Waals surface area contributed by atoms with Gasteiger partial charge in [-0.1, -0.05) is 44.8 Å². The number of hydrogen-bond acceptors (Lipinski definition) is 4. The largest absolute Gasteiger partial charge is 0.481 e. The minimum atomic E-state index is -0.749. The van der Waals surface area contributed by atoms with Crippen LogP contribution in [0.25, 0.3) is 0 Å². The Hall–Kier alpha value is -1.20. The van der Waals surface area contributed by atoms with Crippen LogP contribution in [0.15, 0.2) is 12.2 Å². The topological polar surface area (TPSA) is 94.8 Å². The number of allylic oxidation sites excluding steroid dienone is 1. The number of carbonyl (C=O) groups is 2. The highest BCUT2D eigenvalue weighted by atomic mass is 16.4. The molecular weight excluding hydrogens is 296 g/mol. The van der Waals surface area contributed by atoms with E-state index in [0.717, 1.165) is 32.1 Å². The molecule has 1 fully saturated rings. The van der Waals surface area contributed by atoms with Crippen molar-refractivity contribution in [1.82, 2.24) is 0 Å². The maximum atomic E-state index is 12.0. The number of aliphatic carboxylic acids is 1. The molecule has 1 saturated carbocycles. The number of aliphatic hydroxyl groups is 2. The van der Waals surface area contributed by atoms with E-state index in [1.807, 2.05) is 6.92 Å². The van der Waals surface area contributed by atoms with Gasteiger partial charge in [0.05, 0.1) is 12.2 Å². The normalized spacial score (nSPS) is 26.0. The maximum Gasteiger partial charge on any atom is 0.303 e. The van der Waals surface area contributed by atoms with E-state index in [1.54, 1.807) is 12.2 Å². The first-order valence-corrected chi connectivity index (χ1v) is 8.74. The molecule has 5 nitrogen and oxygen atoms in total. The second kappa shape index (κ2) is 10.6. The van der Waals surface area contributed by atoms with Gasteiger partial charge < -0.3 is 15.3 Å². The first-order chi connectivity index (χ1) is 11.0. The summed E-state index contributed by atoms with van der Waals surface area (Å²) in [5.41, 5.74) is 0. The summed E-state index contributed by atoms with van der Waals surface area (Å²) in [7, 11) is 0. The highest BCUT2D eigenvalue weighted by Gasteiger charge is 2.39. The van der Waals surface area contributed by atoms with E-state index in [0.29, 0.717) is 12.8 Å². The zero-order valence-electron chi connectivity index (χ0n) is 14.0. The van der Waals surface area contributed by atoms with Crippen LogP contribution in [0.2, 0.25) is 0 Å². The number of ketones is 1. The lowest BCUT2D eigenvalue weighted by atomic mass is 9.88. The Morgan fingerprint density at radius 2 is 1.91 bits per heavy atom. The Balaban J connectivity index is 2.33. The molecule has 0 radical (unpaired) electrons. The van der Waals surface area contributed by atoms with Crippen LogP contribution in [-0.2, 0) is 9.59 Å². The van der Waals surface area contributed by atoms with Gasteiger partial charge in [-0.25, -0.2) is 0 Å². The summed E-state index contributed by atoms with van der Waals surface area (Å²) in [5, 5.41) is 28.2. The number of carbonyl (C=O) groups excluding carboxylic acids is 1. The van der Waals surface area contributed by atoms with Crippen LogP contribution in [0, 0.1) is 11.8 Å². The van der Waals surface area contributed by atoms with Crippen LogP contribution in [0.4, 0.5) is 0 Å². The van der Waals surface area contributed by atoms with Crippen LogP contribution in [0.5, 0.6) is 0 Å². The molecule has 1 aliphatic rings. The minimum Gasteiger partial charge on any atom is -0.481 e. The van der Waals surface area contributed by atoms with Crippen LogP contribution < -0.4 is 0 Å². The molecule has 0 saturated heterocycles. The van der Waals surface area contributed by atoms with Gasteiger partial charge in [-0.2, -0.15) is 0 Å². The monoisotopic (exact) mass is 326 g/mol. The van der Waals surface area contributed by atoms with Gasteiger partial charge in [0, 0.05) is 18.8 Å². The van der Waals surface area contributed by atoms with Gasteiger partial charge in [0.15, 0.2) is 0 Å². The minimum absolute atomic E-state index is 0.0539. The van der Waals surface area contributed by atoms with E-state index >= 15 is 0 Å². The van der Waals surface area contributed by atoms with Crippen LogP contribution in [0.3, 0.4) is 0 Å². The lowest BCUT2D eigenvalue weighted by molar-refractivity contribution is -0.137. The van der Waals surface area contributed by atoms with Gasteiger partial charge in [0.2, 0.25) is 0 Å². The smallest absolute Gasteiger partial charge is 0.303 e. The third kappa shape index (κ3) is 7.27. The van der Waals surface area contributed by atoms with Crippen molar-refractivity contribution in [2.24, 2.45) is 11.8 Å². The van der Waals surface area contributed by atoms with Gasteiger partial charge in [0.25, 0.3) is 0 Å². The third-order valence-corrected chi connectivity index (χ3v) is 4.62. The van der Waals surface area contributed by atoms with Crippen LogP contribution >= 0.6 is 0 Å². The molecule has 0 amide bonds. The van der Waals surface area contributed by atoms with E-state index in [-0.39, 0.29) is 30.5 Å². The molecule has 0 spiro atoms. The van der Waals surface area contributed by atoms with Crippen molar-refractivity contribution in [3.8, 4) is 0 Å². The molecule has 5 heteroatoms. The number of carboxylic acid groups (broad SMARTS) is 1. The lowest BCUT2D eigenvalue weighted by Crippen LogP contribution is -2.19. The number of rotatable bonds is 11. The Labute approximate surface area is 138 Å². The molecule has 0 aromatic heterocycles. The maximum absolute atomic E-state index is 12.0. The fraction of sp³-hybridized carbons (Fsp3) is 0.778. The summed E-state index contributed by atoms with van der Waals surface area (Å²) in [4.78, 5) is 22.4. The van der Waals surface area contributed by atoms with Gasteiger partial charge in [-0.3, -0.25) is 9.59 Å². The molecular formula is C18H30O5. The average molecular weight is 326 g/mol. The van der Waals surface area contributed by atoms with Gasteiger partial charge >= 0.3 is 5.97 Å². The van der Waals surface area contributed by atoms with E-state index in [2.05, 4.69) is 0 Å². The summed E-state index contributed by atoms with van der Waals surface area (Å²) < 4.78 is 0. The highest BCUT2D eigenvalue weighted by molar-refractivity contribution is 5.85. The second-order valence-electron chi connectivity index (χ2n) is 6.49. The first-order valence-electron chi connectivity index (χ1n) is 8.74. The lowest BCUT2D eigenvalue weighted by Gasteiger charge is -2.18. The van der Waals surface area contributed by atoms with Crippen molar-refractivity contribution in [2.75, 3.05) is 0 Å². The number of unbranched alkanes of at least 4 members (excludes halogenated alkanes) is 4. The van der Waals surface area contributed by atoms with Crippen LogP contribution in [0.1, 0.15) is 64.7 Å². The number of carboxylic acids is 1. The van der Waals surface area contributed by atoms with Crippen molar-refractivity contribution in [2.45, 2.75) is 76.9 Å². The molecule has 1 rings (SSSR count). The average Bonchev–Trinajstić information content (AvgIpc) is 2.77. The fourth-order valence-corrected chi connectivity index (χ4v) is 3.16. The highest BCUT2D eigenvalue weighted by Crippen LogP contribution is 2.34. The molecule has 4 atom stereocenters. The number of aliphatic hydroxyl groups excluding tert-OH is 2. The van der Waals surface area contributed by atoms with E-state index in [9.17, 15) is 19.8 Å². The summed E-state index contributed by atoms with van der Waals surface area (Å²) in [6.07, 6.45) is 8.69. The van der Waals surface area contributed by atoms with E-state index < -0.39 is 18.2 Å². The standard InChI is InChI=1S/C18H30O5/c1-2-13(19)10-11-15-14(16(20)12-17(15)21)8-6-4-3-5-7-9-18(22)23/h10-11,13-16,19-20H,2-9,12H2,1H3,(H,22,23)/b11-10+/t13-,14+,15-,16-/m0/s1. The molecule has 0 aliphatic heterocycles. The Morgan fingerprint density at radius 1 is 1.26 bits per heavy atom. The molecule has 0 unspecified atom stereocenters. The first kappa shape index (κ1) is 19.8. The zero-order chi connectivity index (χ0) is 17.2. The molecule has 0 aromatic carbocycles. The Morgan fingerprint density at radius 3 is 2.57 bits per heavy atom. The summed E-state index contributed by atoms with van der Waals surface area (Å²) in [6, 6.07) is 0. The number of Topliss-reactive ketones (excluding diaryl/α,β-unsaturated/α-hetero) is 1. The Bertz CT molecular complexity index is 404. The van der Waals surface area contributed by atoms with Crippen molar-refractivity contribution < 1.29 is 24.9 Å². The summed E-state index contributed by atoms with van der Waals surface area (Å²) >= 11 is 0. The Kier molecular flexibility index (Phi) is 9.10. The third-order valence-electron chi connectivity index (χ3n) is 4.62. The van der Waals surface area contributed by atoms with Crippen LogP contribution in [-0.4, -0.2) is 39.3 Å². The van der Waals surface area contributed by atoms with Gasteiger partial charge in [-0.05, 0) is 25.2 Å². The molecule has 3 N–H and O–H groups in total. The number of hydrogen-bond donors (Lipinski definition) is 3. The summed E-state index contributed by atoms with van der Waals surface area (Å²) in [6.45, 7) is 1.88.